The third-order valence-electron chi connectivity index (χ3n) is 1.14. The van der Waals surface area contributed by atoms with E-state index in [-0.39, 0.29) is 18.4 Å². The average molecular weight is 197 g/mol. The molecule has 4 nitrogen and oxygen atoms in total. The van der Waals surface area contributed by atoms with Crippen LogP contribution in [0.4, 0.5) is 0 Å². The molecule has 5 heteroatoms. The number of nitrogens with one attached hydrogen (secondary N) is 1. The van der Waals surface area contributed by atoms with Gasteiger partial charge in [0.2, 0.25) is 0 Å². The second-order valence-corrected chi connectivity index (χ2v) is 3.25. The Labute approximate surface area is 79.8 Å². The van der Waals surface area contributed by atoms with Crippen LogP contribution >= 0.6 is 0 Å². The SMILES string of the molecule is COC(=O)CCN[N+](C)(C)C.[Cl-]. The quantitative estimate of drug-likeness (QED) is 0.292. The van der Waals surface area contributed by atoms with Gasteiger partial charge in [0.05, 0.1) is 41.2 Å². The van der Waals surface area contributed by atoms with Gasteiger partial charge in [-0.15, -0.1) is 0 Å². The van der Waals surface area contributed by atoms with Crippen molar-refractivity contribution in [1.29, 1.82) is 0 Å². The fourth-order valence-corrected chi connectivity index (χ4v) is 0.595. The van der Waals surface area contributed by atoms with Gasteiger partial charge in [0.1, 0.15) is 0 Å². The molecule has 0 spiro atoms. The van der Waals surface area contributed by atoms with Crippen LogP contribution in [0.3, 0.4) is 0 Å². The highest BCUT2D eigenvalue weighted by molar-refractivity contribution is 5.69. The summed E-state index contributed by atoms with van der Waals surface area (Å²) in [7, 11) is 7.39. The third kappa shape index (κ3) is 9.68. The van der Waals surface area contributed by atoms with E-state index in [2.05, 4.69) is 10.2 Å². The Balaban J connectivity index is 0. The Bertz CT molecular complexity index is 134. The lowest BCUT2D eigenvalue weighted by Crippen LogP contribution is -3.00. The van der Waals surface area contributed by atoms with Crippen LogP contribution in [0.25, 0.3) is 0 Å². The molecule has 12 heavy (non-hydrogen) atoms. The summed E-state index contributed by atoms with van der Waals surface area (Å²) in [5.41, 5.74) is 3.12. The summed E-state index contributed by atoms with van der Waals surface area (Å²) in [5, 5.41) is 0. The van der Waals surface area contributed by atoms with Gasteiger partial charge in [0.25, 0.3) is 0 Å². The summed E-state index contributed by atoms with van der Waals surface area (Å²) in [4.78, 5) is 10.6. The summed E-state index contributed by atoms with van der Waals surface area (Å²) in [6.07, 6.45) is 0.423. The molecule has 0 aromatic heterocycles. The molecule has 0 aliphatic heterocycles. The third-order valence-corrected chi connectivity index (χ3v) is 1.14. The molecular formula is C7H17ClN2O2. The normalized spacial score (nSPS) is 10.3. The van der Waals surface area contributed by atoms with Crippen LogP contribution < -0.4 is 17.8 Å². The van der Waals surface area contributed by atoms with Gasteiger partial charge in [-0.25, -0.2) is 0 Å². The lowest BCUT2D eigenvalue weighted by molar-refractivity contribution is -0.915. The van der Waals surface area contributed by atoms with Crippen LogP contribution in [0.1, 0.15) is 6.42 Å². The standard InChI is InChI=1S/C7H17N2O2.ClH/c1-9(2,3)8-6-5-7(10)11-4;/h8H,5-6H2,1-4H3;1H/q+1;/p-1. The summed E-state index contributed by atoms with van der Waals surface area (Å²) in [6, 6.07) is 0. The minimum atomic E-state index is -0.175. The van der Waals surface area contributed by atoms with Crippen molar-refractivity contribution in [2.24, 2.45) is 0 Å². The fraction of sp³-hybridized carbons (Fsp3) is 0.857. The second kappa shape index (κ2) is 6.22. The number of nitrogens with zero attached hydrogens (tertiary/aromatic N) is 1. The summed E-state index contributed by atoms with van der Waals surface area (Å²) >= 11 is 0. The Morgan fingerprint density at radius 3 is 2.25 bits per heavy atom. The van der Waals surface area contributed by atoms with E-state index < -0.39 is 0 Å². The first-order valence-corrected chi connectivity index (χ1v) is 3.59. The average Bonchev–Trinajstić information content (AvgIpc) is 1.85. The molecule has 0 unspecified atom stereocenters. The molecule has 0 aromatic carbocycles. The number of carbonyl (C=O) groups is 1. The molecule has 1 N–H and O–H groups in total. The maximum Gasteiger partial charge on any atom is 0.307 e. The van der Waals surface area contributed by atoms with Crippen molar-refractivity contribution in [1.82, 2.24) is 5.43 Å². The van der Waals surface area contributed by atoms with E-state index in [9.17, 15) is 4.79 Å². The van der Waals surface area contributed by atoms with E-state index in [4.69, 9.17) is 0 Å². The molecule has 0 radical (unpaired) electrons. The van der Waals surface area contributed by atoms with Gasteiger partial charge < -0.3 is 17.1 Å². The highest BCUT2D eigenvalue weighted by Crippen LogP contribution is 1.85. The van der Waals surface area contributed by atoms with Crippen LogP contribution in [-0.4, -0.2) is 45.4 Å². The Morgan fingerprint density at radius 1 is 1.42 bits per heavy atom. The van der Waals surface area contributed by atoms with Crippen molar-refractivity contribution in [3.63, 3.8) is 0 Å². The van der Waals surface area contributed by atoms with Crippen LogP contribution in [0, 0.1) is 0 Å². The van der Waals surface area contributed by atoms with Gasteiger partial charge in [-0.3, -0.25) is 9.39 Å². The summed E-state index contributed by atoms with van der Waals surface area (Å²) in [5.74, 6) is -0.175. The van der Waals surface area contributed by atoms with E-state index in [1.165, 1.54) is 7.11 Å². The van der Waals surface area contributed by atoms with E-state index >= 15 is 0 Å². The predicted octanol–water partition coefficient (Wildman–Crippen LogP) is -3.24. The highest BCUT2D eigenvalue weighted by Gasteiger charge is 2.07. The Morgan fingerprint density at radius 2 is 1.92 bits per heavy atom. The van der Waals surface area contributed by atoms with E-state index in [0.29, 0.717) is 17.6 Å². The number of quaternary nitrogens is 1. The molecule has 0 bridgehead atoms. The molecule has 0 fully saturated rings. The van der Waals surface area contributed by atoms with Crippen LogP contribution in [-0.2, 0) is 9.53 Å². The molecule has 0 heterocycles. The number of methoxy groups -OCH3 is 1. The lowest BCUT2D eigenvalue weighted by Gasteiger charge is -2.23. The number of hydrogen-bond donors (Lipinski definition) is 1. The highest BCUT2D eigenvalue weighted by atomic mass is 35.5. The predicted molar refractivity (Wildman–Crippen MR) is 42.7 cm³/mol. The molecule has 0 saturated carbocycles. The number of halogens is 1. The molecule has 0 aliphatic carbocycles. The van der Waals surface area contributed by atoms with Crippen molar-refractivity contribution >= 4 is 5.97 Å². The smallest absolute Gasteiger partial charge is 0.307 e. The maximum atomic E-state index is 10.6. The molecule has 0 rings (SSSR count). The van der Waals surface area contributed by atoms with E-state index in [1.807, 2.05) is 21.1 Å². The van der Waals surface area contributed by atoms with Crippen LogP contribution in [0.5, 0.6) is 0 Å². The Kier molecular flexibility index (Phi) is 7.37. The monoisotopic (exact) mass is 196 g/mol. The number of ether oxygens (including phenoxy) is 1. The zero-order valence-corrected chi connectivity index (χ0v) is 8.81. The van der Waals surface area contributed by atoms with E-state index in [1.54, 1.807) is 0 Å². The first-order valence-electron chi connectivity index (χ1n) is 3.59. The number of hydrogen-bond acceptors (Lipinski definition) is 3. The molecule has 0 amide bonds. The number of esters is 1. The van der Waals surface area contributed by atoms with Gasteiger partial charge in [-0.05, 0) is 0 Å². The maximum absolute atomic E-state index is 10.6. The van der Waals surface area contributed by atoms with Crippen molar-refractivity contribution in [2.45, 2.75) is 6.42 Å². The topological polar surface area (TPSA) is 38.3 Å². The molecule has 0 aliphatic rings. The van der Waals surface area contributed by atoms with Crippen molar-refractivity contribution in [3.8, 4) is 0 Å². The minimum Gasteiger partial charge on any atom is -1.00 e. The number of rotatable bonds is 4. The molecule has 0 atom stereocenters. The van der Waals surface area contributed by atoms with Gasteiger partial charge in [0.15, 0.2) is 0 Å². The summed E-state index contributed by atoms with van der Waals surface area (Å²) in [6.45, 7) is 0.649. The molecular weight excluding hydrogens is 180 g/mol. The van der Waals surface area contributed by atoms with Crippen molar-refractivity contribution < 1.29 is 26.5 Å². The largest absolute Gasteiger partial charge is 1.00 e. The minimum absolute atomic E-state index is 0. The lowest BCUT2D eigenvalue weighted by atomic mass is 10.4. The van der Waals surface area contributed by atoms with Crippen LogP contribution in [0.15, 0.2) is 0 Å². The molecule has 0 aromatic rings. The number of carbonyl (C=O) groups excluding carboxylic acids is 1. The van der Waals surface area contributed by atoms with Crippen molar-refractivity contribution in [3.05, 3.63) is 0 Å². The van der Waals surface area contributed by atoms with Gasteiger partial charge in [-0.1, -0.05) is 0 Å². The summed E-state index contributed by atoms with van der Waals surface area (Å²) < 4.78 is 5.13. The zero-order valence-electron chi connectivity index (χ0n) is 8.06. The second-order valence-electron chi connectivity index (χ2n) is 3.25. The Hall–Kier alpha value is -0.320. The van der Waals surface area contributed by atoms with E-state index in [0.717, 1.165) is 0 Å². The van der Waals surface area contributed by atoms with Gasteiger partial charge >= 0.3 is 5.97 Å². The van der Waals surface area contributed by atoms with Crippen LogP contribution in [0.2, 0.25) is 0 Å². The molecule has 74 valence electrons. The van der Waals surface area contributed by atoms with Gasteiger partial charge in [-0.2, -0.15) is 5.43 Å². The zero-order chi connectivity index (χ0) is 8.91. The molecule has 0 saturated heterocycles. The fourth-order valence-electron chi connectivity index (χ4n) is 0.595. The first kappa shape index (κ1) is 14.2. The van der Waals surface area contributed by atoms with Gasteiger partial charge in [0, 0.05) is 0 Å². The first-order chi connectivity index (χ1) is 4.95. The van der Waals surface area contributed by atoms with Crippen molar-refractivity contribution in [2.75, 3.05) is 34.8 Å².